The van der Waals surface area contributed by atoms with Gasteiger partial charge in [0.2, 0.25) is 0 Å². The summed E-state index contributed by atoms with van der Waals surface area (Å²) in [6.45, 7) is 4.15. The smallest absolute Gasteiger partial charge is 0.341 e. The molecule has 1 aromatic heterocycles. The number of furan rings is 1. The molecule has 1 unspecified atom stereocenters. The van der Waals surface area contributed by atoms with Gasteiger partial charge in [-0.2, -0.15) is 11.8 Å². The third kappa shape index (κ3) is 4.83. The Bertz CT molecular complexity index is 349. The van der Waals surface area contributed by atoms with Crippen molar-refractivity contribution in [3.8, 4) is 0 Å². The van der Waals surface area contributed by atoms with E-state index in [9.17, 15) is 4.79 Å². The molecule has 5 heteroatoms. The topological polar surface area (TPSA) is 65.5 Å². The molecule has 0 aliphatic carbocycles. The van der Waals surface area contributed by atoms with E-state index in [1.807, 2.05) is 6.92 Å². The summed E-state index contributed by atoms with van der Waals surface area (Å²) in [6.07, 6.45) is 2.48. The van der Waals surface area contributed by atoms with Crippen molar-refractivity contribution < 1.29 is 13.9 Å². The molecule has 0 aliphatic rings. The number of esters is 1. The molecule has 0 aromatic carbocycles. The number of carbonyl (C=O) groups is 1. The molecule has 4 nitrogen and oxygen atoms in total. The average Bonchev–Trinajstić information content (AvgIpc) is 2.72. The van der Waals surface area contributed by atoms with E-state index in [1.165, 1.54) is 6.26 Å². The molecule has 1 atom stereocenters. The van der Waals surface area contributed by atoms with Crippen molar-refractivity contribution in [1.82, 2.24) is 0 Å². The molecule has 96 valence electrons. The summed E-state index contributed by atoms with van der Waals surface area (Å²) in [6, 6.07) is 1.86. The lowest BCUT2D eigenvalue weighted by Gasteiger charge is -2.05. The standard InChI is InChI=1S/C12H19NO3S/c1-3-15-12(14)10-4-6-16-11(10)8-17-7-5-9(2)13/h4,6,9H,3,5,7-8,13H2,1-2H3. The van der Waals surface area contributed by atoms with E-state index >= 15 is 0 Å². The predicted molar refractivity (Wildman–Crippen MR) is 69.1 cm³/mol. The first-order valence-electron chi connectivity index (χ1n) is 5.72. The summed E-state index contributed by atoms with van der Waals surface area (Å²) in [5.74, 6) is 2.00. The maximum Gasteiger partial charge on any atom is 0.341 e. The Hall–Kier alpha value is -0.940. The van der Waals surface area contributed by atoms with Crippen LogP contribution in [0, 0.1) is 0 Å². The summed E-state index contributed by atoms with van der Waals surface area (Å²) < 4.78 is 10.2. The van der Waals surface area contributed by atoms with Crippen LogP contribution >= 0.6 is 11.8 Å². The van der Waals surface area contributed by atoms with Crippen molar-refractivity contribution in [3.63, 3.8) is 0 Å². The predicted octanol–water partition coefficient (Wildman–Crippen LogP) is 2.43. The zero-order valence-electron chi connectivity index (χ0n) is 10.3. The van der Waals surface area contributed by atoms with E-state index in [0.29, 0.717) is 23.7 Å². The van der Waals surface area contributed by atoms with Crippen LogP contribution in [0.1, 0.15) is 36.4 Å². The van der Waals surface area contributed by atoms with Gasteiger partial charge in [0.15, 0.2) is 0 Å². The van der Waals surface area contributed by atoms with Gasteiger partial charge in [-0.15, -0.1) is 0 Å². The fourth-order valence-corrected chi connectivity index (χ4v) is 2.37. The highest BCUT2D eigenvalue weighted by Gasteiger charge is 2.15. The lowest BCUT2D eigenvalue weighted by molar-refractivity contribution is 0.0524. The Morgan fingerprint density at radius 2 is 2.41 bits per heavy atom. The van der Waals surface area contributed by atoms with Gasteiger partial charge in [0.25, 0.3) is 0 Å². The molecular weight excluding hydrogens is 238 g/mol. The first-order valence-corrected chi connectivity index (χ1v) is 6.87. The third-order valence-electron chi connectivity index (χ3n) is 2.19. The third-order valence-corrected chi connectivity index (χ3v) is 3.18. The van der Waals surface area contributed by atoms with E-state index in [-0.39, 0.29) is 12.0 Å². The normalized spacial score (nSPS) is 12.4. The summed E-state index contributed by atoms with van der Waals surface area (Å²) in [5, 5.41) is 0. The van der Waals surface area contributed by atoms with Crippen LogP contribution in [0.15, 0.2) is 16.7 Å². The zero-order valence-corrected chi connectivity index (χ0v) is 11.1. The molecule has 17 heavy (non-hydrogen) atoms. The number of nitrogens with two attached hydrogens (primary N) is 1. The summed E-state index contributed by atoms with van der Waals surface area (Å²) in [7, 11) is 0. The van der Waals surface area contributed by atoms with Crippen molar-refractivity contribution in [2.45, 2.75) is 32.1 Å². The molecule has 0 saturated carbocycles. The van der Waals surface area contributed by atoms with E-state index < -0.39 is 0 Å². The largest absolute Gasteiger partial charge is 0.468 e. The maximum absolute atomic E-state index is 11.6. The summed E-state index contributed by atoms with van der Waals surface area (Å²) in [5.41, 5.74) is 6.19. The number of rotatable bonds is 7. The van der Waals surface area contributed by atoms with Crippen molar-refractivity contribution >= 4 is 17.7 Å². The van der Waals surface area contributed by atoms with Gasteiger partial charge in [0, 0.05) is 6.04 Å². The molecule has 0 radical (unpaired) electrons. The summed E-state index contributed by atoms with van der Waals surface area (Å²) in [4.78, 5) is 11.6. The quantitative estimate of drug-likeness (QED) is 0.600. The fraction of sp³-hybridized carbons (Fsp3) is 0.583. The van der Waals surface area contributed by atoms with Crippen LogP contribution in [0.3, 0.4) is 0 Å². The van der Waals surface area contributed by atoms with E-state index in [1.54, 1.807) is 24.8 Å². The highest BCUT2D eigenvalue weighted by atomic mass is 32.2. The van der Waals surface area contributed by atoms with Crippen LogP contribution in [0.25, 0.3) is 0 Å². The molecular formula is C12H19NO3S. The monoisotopic (exact) mass is 257 g/mol. The van der Waals surface area contributed by atoms with Gasteiger partial charge in [0.05, 0.1) is 18.6 Å². The Balaban J connectivity index is 2.43. The Kier molecular flexibility index (Phi) is 6.15. The summed E-state index contributed by atoms with van der Waals surface area (Å²) >= 11 is 1.71. The maximum atomic E-state index is 11.6. The van der Waals surface area contributed by atoms with E-state index in [0.717, 1.165) is 12.2 Å². The lowest BCUT2D eigenvalue weighted by atomic mass is 10.3. The van der Waals surface area contributed by atoms with Crippen molar-refractivity contribution in [3.05, 3.63) is 23.7 Å². The van der Waals surface area contributed by atoms with Crippen molar-refractivity contribution in [1.29, 1.82) is 0 Å². The van der Waals surface area contributed by atoms with Gasteiger partial charge in [-0.25, -0.2) is 4.79 Å². The molecule has 0 aliphatic heterocycles. The second-order valence-electron chi connectivity index (χ2n) is 3.80. The second kappa shape index (κ2) is 7.40. The Morgan fingerprint density at radius 1 is 1.65 bits per heavy atom. The molecule has 1 rings (SSSR count). The van der Waals surface area contributed by atoms with E-state index in [2.05, 4.69) is 0 Å². The van der Waals surface area contributed by atoms with Crippen LogP contribution in [0.5, 0.6) is 0 Å². The number of ether oxygens (including phenoxy) is 1. The lowest BCUT2D eigenvalue weighted by Crippen LogP contribution is -2.15. The van der Waals surface area contributed by atoms with Crippen LogP contribution in [0.4, 0.5) is 0 Å². The van der Waals surface area contributed by atoms with Gasteiger partial charge < -0.3 is 14.9 Å². The fourth-order valence-electron chi connectivity index (χ4n) is 1.28. The van der Waals surface area contributed by atoms with Crippen molar-refractivity contribution in [2.24, 2.45) is 5.73 Å². The Labute approximate surface area is 106 Å². The zero-order chi connectivity index (χ0) is 12.7. The molecule has 0 saturated heterocycles. The number of carbonyl (C=O) groups excluding carboxylic acids is 1. The average molecular weight is 257 g/mol. The molecule has 0 amide bonds. The van der Waals surface area contributed by atoms with Gasteiger partial charge in [-0.1, -0.05) is 0 Å². The van der Waals surface area contributed by atoms with Crippen LogP contribution in [-0.4, -0.2) is 24.4 Å². The first-order chi connectivity index (χ1) is 8.15. The molecule has 0 bridgehead atoms. The highest BCUT2D eigenvalue weighted by Crippen LogP contribution is 2.19. The molecule has 0 fully saturated rings. The SMILES string of the molecule is CCOC(=O)c1ccoc1CSCCC(C)N. The molecule has 2 N–H and O–H groups in total. The van der Waals surface area contributed by atoms with Gasteiger partial charge in [0.1, 0.15) is 11.3 Å². The second-order valence-corrected chi connectivity index (χ2v) is 4.90. The minimum Gasteiger partial charge on any atom is -0.468 e. The van der Waals surface area contributed by atoms with Gasteiger partial charge in [-0.3, -0.25) is 0 Å². The minimum absolute atomic E-state index is 0.212. The number of thioether (sulfide) groups is 1. The van der Waals surface area contributed by atoms with Crippen molar-refractivity contribution in [2.75, 3.05) is 12.4 Å². The molecule has 1 heterocycles. The van der Waals surface area contributed by atoms with Crippen LogP contribution in [0.2, 0.25) is 0 Å². The van der Waals surface area contributed by atoms with Gasteiger partial charge in [-0.05, 0) is 32.1 Å². The molecule has 1 aromatic rings. The first kappa shape index (κ1) is 14.1. The van der Waals surface area contributed by atoms with Gasteiger partial charge >= 0.3 is 5.97 Å². The molecule has 0 spiro atoms. The van der Waals surface area contributed by atoms with E-state index in [4.69, 9.17) is 14.9 Å². The highest BCUT2D eigenvalue weighted by molar-refractivity contribution is 7.98. The van der Waals surface area contributed by atoms with Crippen LogP contribution < -0.4 is 5.73 Å². The number of hydrogen-bond donors (Lipinski definition) is 1. The Morgan fingerprint density at radius 3 is 3.06 bits per heavy atom. The minimum atomic E-state index is -0.316. The van der Waals surface area contributed by atoms with Crippen LogP contribution in [-0.2, 0) is 10.5 Å². The number of hydrogen-bond acceptors (Lipinski definition) is 5.